The zero-order chi connectivity index (χ0) is 21.5. The standard InChI is InChI=1S/C21H24F3N3O2S/c22-20-13-18(5-6-19(20)15-1-3-16(25)4-2-15)30(28,29)27-10-7-17(14-27)26-11-8-21(23,24)9-12-26/h1-6,13,17H,7-12,14,25H2. The first-order chi connectivity index (χ1) is 14.2. The molecule has 1 unspecified atom stereocenters. The minimum absolute atomic E-state index is 0.0882. The number of sulfonamides is 1. The van der Waals surface area contributed by atoms with E-state index in [1.54, 1.807) is 24.3 Å². The number of nitrogen functional groups attached to an aromatic ring is 1. The molecular weight excluding hydrogens is 415 g/mol. The lowest BCUT2D eigenvalue weighted by Crippen LogP contribution is -2.46. The Morgan fingerprint density at radius 2 is 1.67 bits per heavy atom. The van der Waals surface area contributed by atoms with Gasteiger partial charge < -0.3 is 5.73 Å². The van der Waals surface area contributed by atoms with Crippen molar-refractivity contribution in [2.75, 3.05) is 31.9 Å². The monoisotopic (exact) mass is 439 g/mol. The summed E-state index contributed by atoms with van der Waals surface area (Å²) in [5, 5.41) is 0. The summed E-state index contributed by atoms with van der Waals surface area (Å²) in [6.45, 7) is 1.05. The molecule has 2 fully saturated rings. The third kappa shape index (κ3) is 4.19. The maximum absolute atomic E-state index is 14.7. The maximum Gasteiger partial charge on any atom is 0.250 e. The smallest absolute Gasteiger partial charge is 0.250 e. The van der Waals surface area contributed by atoms with Crippen LogP contribution in [-0.4, -0.2) is 55.8 Å². The Kier molecular flexibility index (Phi) is 5.54. The van der Waals surface area contributed by atoms with Crippen LogP contribution in [0.15, 0.2) is 47.4 Å². The van der Waals surface area contributed by atoms with E-state index in [1.807, 2.05) is 4.90 Å². The number of nitrogens with two attached hydrogens (primary N) is 1. The van der Waals surface area contributed by atoms with Crippen molar-refractivity contribution < 1.29 is 21.6 Å². The van der Waals surface area contributed by atoms with Crippen molar-refractivity contribution >= 4 is 15.7 Å². The number of likely N-dealkylation sites (tertiary alicyclic amines) is 1. The van der Waals surface area contributed by atoms with Crippen LogP contribution in [0.4, 0.5) is 18.9 Å². The molecule has 1 atom stereocenters. The van der Waals surface area contributed by atoms with Gasteiger partial charge in [-0.05, 0) is 36.2 Å². The second-order valence-electron chi connectivity index (χ2n) is 7.96. The quantitative estimate of drug-likeness (QED) is 0.740. The van der Waals surface area contributed by atoms with E-state index in [0.29, 0.717) is 29.8 Å². The molecule has 2 aliphatic rings. The van der Waals surface area contributed by atoms with Crippen molar-refractivity contribution in [2.24, 2.45) is 0 Å². The topological polar surface area (TPSA) is 66.6 Å². The van der Waals surface area contributed by atoms with Crippen molar-refractivity contribution in [2.45, 2.75) is 36.1 Å². The Morgan fingerprint density at radius 1 is 1.00 bits per heavy atom. The number of benzene rings is 2. The van der Waals surface area contributed by atoms with Gasteiger partial charge in [-0.3, -0.25) is 4.90 Å². The predicted octanol–water partition coefficient (Wildman–Crippen LogP) is 3.57. The molecule has 0 amide bonds. The molecular formula is C21H24F3N3O2S. The van der Waals surface area contributed by atoms with Crippen LogP contribution in [0.5, 0.6) is 0 Å². The highest BCUT2D eigenvalue weighted by Crippen LogP contribution is 2.32. The van der Waals surface area contributed by atoms with Crippen LogP contribution >= 0.6 is 0 Å². The maximum atomic E-state index is 14.7. The summed E-state index contributed by atoms with van der Waals surface area (Å²) >= 11 is 0. The lowest BCUT2D eigenvalue weighted by Gasteiger charge is -2.35. The average Bonchev–Trinajstić information content (AvgIpc) is 3.20. The zero-order valence-electron chi connectivity index (χ0n) is 16.4. The first-order valence-corrected chi connectivity index (χ1v) is 11.4. The number of nitrogens with zero attached hydrogens (tertiary/aromatic N) is 2. The van der Waals surface area contributed by atoms with Crippen molar-refractivity contribution in [1.82, 2.24) is 9.21 Å². The van der Waals surface area contributed by atoms with Crippen LogP contribution in [0, 0.1) is 5.82 Å². The van der Waals surface area contributed by atoms with Gasteiger partial charge >= 0.3 is 0 Å². The van der Waals surface area contributed by atoms with Crippen LogP contribution in [0.2, 0.25) is 0 Å². The molecule has 2 aromatic carbocycles. The first kappa shape index (κ1) is 21.1. The predicted molar refractivity (Wildman–Crippen MR) is 109 cm³/mol. The SMILES string of the molecule is Nc1ccc(-c2ccc(S(=O)(=O)N3CCC(N4CCC(F)(F)CC4)C3)cc2F)cc1. The highest BCUT2D eigenvalue weighted by molar-refractivity contribution is 7.89. The van der Waals surface area contributed by atoms with E-state index < -0.39 is 21.8 Å². The molecule has 0 bridgehead atoms. The van der Waals surface area contributed by atoms with E-state index in [9.17, 15) is 21.6 Å². The molecule has 0 radical (unpaired) electrons. The Hall–Kier alpha value is -2.10. The third-order valence-corrected chi connectivity index (χ3v) is 7.83. The van der Waals surface area contributed by atoms with Crippen LogP contribution < -0.4 is 5.73 Å². The van der Waals surface area contributed by atoms with E-state index in [0.717, 1.165) is 6.07 Å². The van der Waals surface area contributed by atoms with E-state index >= 15 is 0 Å². The van der Waals surface area contributed by atoms with Gasteiger partial charge in [0.15, 0.2) is 0 Å². The van der Waals surface area contributed by atoms with E-state index in [4.69, 9.17) is 5.73 Å². The van der Waals surface area contributed by atoms with Crippen LogP contribution in [0.1, 0.15) is 19.3 Å². The zero-order valence-corrected chi connectivity index (χ0v) is 17.2. The van der Waals surface area contributed by atoms with E-state index in [1.165, 1.54) is 16.4 Å². The Bertz CT molecular complexity index is 1020. The average molecular weight is 440 g/mol. The molecule has 0 spiro atoms. The molecule has 2 saturated heterocycles. The second-order valence-corrected chi connectivity index (χ2v) is 9.90. The molecule has 0 saturated carbocycles. The van der Waals surface area contributed by atoms with Gasteiger partial charge in [-0.15, -0.1) is 0 Å². The minimum atomic E-state index is -3.86. The summed E-state index contributed by atoms with van der Waals surface area (Å²) < 4.78 is 68.8. The van der Waals surface area contributed by atoms with Gasteiger partial charge in [-0.2, -0.15) is 4.31 Å². The number of halogens is 3. The van der Waals surface area contributed by atoms with Gasteiger partial charge in [0.05, 0.1) is 4.90 Å². The molecule has 4 rings (SSSR count). The van der Waals surface area contributed by atoms with Crippen molar-refractivity contribution in [3.63, 3.8) is 0 Å². The van der Waals surface area contributed by atoms with Gasteiger partial charge in [0, 0.05) is 56.3 Å². The second kappa shape index (κ2) is 7.86. The number of anilines is 1. The summed E-state index contributed by atoms with van der Waals surface area (Å²) in [6, 6.07) is 10.5. The lowest BCUT2D eigenvalue weighted by atomic mass is 10.0. The molecule has 5 nitrogen and oxygen atoms in total. The van der Waals surface area contributed by atoms with Gasteiger partial charge in [0.25, 0.3) is 5.92 Å². The van der Waals surface area contributed by atoms with Crippen molar-refractivity contribution in [3.8, 4) is 11.1 Å². The fourth-order valence-electron chi connectivity index (χ4n) is 4.15. The van der Waals surface area contributed by atoms with Crippen molar-refractivity contribution in [1.29, 1.82) is 0 Å². The third-order valence-electron chi connectivity index (χ3n) is 5.97. The van der Waals surface area contributed by atoms with Crippen molar-refractivity contribution in [3.05, 3.63) is 48.3 Å². The lowest BCUT2D eigenvalue weighted by molar-refractivity contribution is -0.0618. The molecule has 0 aliphatic carbocycles. The Morgan fingerprint density at radius 3 is 2.30 bits per heavy atom. The molecule has 0 aromatic heterocycles. The van der Waals surface area contributed by atoms with Gasteiger partial charge in [-0.25, -0.2) is 21.6 Å². The summed E-state index contributed by atoms with van der Waals surface area (Å²) in [4.78, 5) is 1.84. The van der Waals surface area contributed by atoms with E-state index in [2.05, 4.69) is 0 Å². The van der Waals surface area contributed by atoms with Gasteiger partial charge in [0.2, 0.25) is 10.0 Å². The molecule has 2 heterocycles. The van der Waals surface area contributed by atoms with Crippen LogP contribution in [-0.2, 0) is 10.0 Å². The number of piperidine rings is 1. The number of hydrogen-bond donors (Lipinski definition) is 1. The molecule has 2 aromatic rings. The largest absolute Gasteiger partial charge is 0.399 e. The normalized spacial score (nSPS) is 23.0. The summed E-state index contributed by atoms with van der Waals surface area (Å²) in [7, 11) is -3.86. The molecule has 2 N–H and O–H groups in total. The van der Waals surface area contributed by atoms with Crippen LogP contribution in [0.3, 0.4) is 0 Å². The minimum Gasteiger partial charge on any atom is -0.399 e. The van der Waals surface area contributed by atoms with Crippen LogP contribution in [0.25, 0.3) is 11.1 Å². The first-order valence-electron chi connectivity index (χ1n) is 9.93. The highest BCUT2D eigenvalue weighted by atomic mass is 32.2. The fraction of sp³-hybridized carbons (Fsp3) is 0.429. The number of hydrogen-bond acceptors (Lipinski definition) is 4. The summed E-state index contributed by atoms with van der Waals surface area (Å²) in [5.41, 5.74) is 7.11. The van der Waals surface area contributed by atoms with E-state index in [-0.39, 0.29) is 43.4 Å². The summed E-state index contributed by atoms with van der Waals surface area (Å²) in [6.07, 6.45) is 0.179. The Labute approximate surface area is 174 Å². The van der Waals surface area contributed by atoms with Gasteiger partial charge in [-0.1, -0.05) is 18.2 Å². The number of rotatable bonds is 4. The molecule has 162 valence electrons. The summed E-state index contributed by atoms with van der Waals surface area (Å²) in [5.74, 6) is -3.26. The molecule has 30 heavy (non-hydrogen) atoms. The highest BCUT2D eigenvalue weighted by Gasteiger charge is 2.40. The molecule has 9 heteroatoms. The van der Waals surface area contributed by atoms with Gasteiger partial charge in [0.1, 0.15) is 5.82 Å². The Balaban J connectivity index is 1.49. The fourth-order valence-corrected chi connectivity index (χ4v) is 5.65. The number of alkyl halides is 2. The molecule has 2 aliphatic heterocycles.